The highest BCUT2D eigenvalue weighted by atomic mass is 79.9. The van der Waals surface area contributed by atoms with E-state index in [1.807, 2.05) is 6.92 Å². The van der Waals surface area contributed by atoms with Crippen molar-refractivity contribution in [2.75, 3.05) is 6.61 Å². The van der Waals surface area contributed by atoms with Crippen LogP contribution in [0.3, 0.4) is 0 Å². The number of aromatic nitrogens is 1. The van der Waals surface area contributed by atoms with Crippen molar-refractivity contribution in [2.24, 2.45) is 0 Å². The van der Waals surface area contributed by atoms with Gasteiger partial charge in [0, 0.05) is 12.8 Å². The fourth-order valence-electron chi connectivity index (χ4n) is 2.68. The van der Waals surface area contributed by atoms with Gasteiger partial charge in [-0.15, -0.1) is 0 Å². The maximum atomic E-state index is 13.2. The Balaban J connectivity index is 1.76. The summed E-state index contributed by atoms with van der Waals surface area (Å²) in [5, 5.41) is 2.93. The molecule has 1 aromatic heterocycles. The Kier molecular flexibility index (Phi) is 5.65. The number of pyridine rings is 1. The first-order valence-corrected chi connectivity index (χ1v) is 8.84. The minimum Gasteiger partial charge on any atom is -0.437 e. The maximum Gasteiger partial charge on any atom is 0.257 e. The summed E-state index contributed by atoms with van der Waals surface area (Å²) in [6.45, 7) is 2.64. The van der Waals surface area contributed by atoms with E-state index in [1.54, 1.807) is 12.1 Å². The first-order chi connectivity index (χ1) is 12.0. The van der Waals surface area contributed by atoms with Crippen LogP contribution in [0.25, 0.3) is 0 Å². The normalized spacial score (nSPS) is 18.0. The maximum absolute atomic E-state index is 13.2. The van der Waals surface area contributed by atoms with Crippen LogP contribution in [0, 0.1) is 5.82 Å². The van der Waals surface area contributed by atoms with Crippen molar-refractivity contribution in [3.05, 3.63) is 52.4 Å². The van der Waals surface area contributed by atoms with E-state index in [4.69, 9.17) is 9.47 Å². The fourth-order valence-corrected chi connectivity index (χ4v) is 3.11. The zero-order chi connectivity index (χ0) is 17.8. The molecule has 0 bridgehead atoms. The van der Waals surface area contributed by atoms with Crippen LogP contribution in [0.1, 0.15) is 30.1 Å². The molecule has 2 heterocycles. The zero-order valence-corrected chi connectivity index (χ0v) is 15.3. The zero-order valence-electron chi connectivity index (χ0n) is 13.7. The molecule has 132 valence electrons. The van der Waals surface area contributed by atoms with Gasteiger partial charge in [0.25, 0.3) is 5.91 Å². The molecule has 0 radical (unpaired) electrons. The summed E-state index contributed by atoms with van der Waals surface area (Å²) in [5.74, 6) is -0.138. The van der Waals surface area contributed by atoms with Gasteiger partial charge in [-0.3, -0.25) is 4.79 Å². The summed E-state index contributed by atoms with van der Waals surface area (Å²) in [6.07, 6.45) is 3.49. The standard InChI is InChI=1S/C18H18BrFN2O3/c1-11(15-5-3-9-24-15)22-17(23)13-4-2-8-21-18(13)25-16-7-6-12(20)10-14(16)19/h2,4,6-8,10-11,15H,3,5,9H2,1H3,(H,22,23). The molecule has 3 rings (SSSR count). The first-order valence-electron chi connectivity index (χ1n) is 8.05. The van der Waals surface area contributed by atoms with Gasteiger partial charge in [0.15, 0.2) is 0 Å². The topological polar surface area (TPSA) is 60.5 Å². The van der Waals surface area contributed by atoms with Gasteiger partial charge in [0.2, 0.25) is 5.88 Å². The minimum atomic E-state index is -0.386. The Morgan fingerprint density at radius 1 is 1.48 bits per heavy atom. The summed E-state index contributed by atoms with van der Waals surface area (Å²) in [4.78, 5) is 16.7. The lowest BCUT2D eigenvalue weighted by atomic mass is 10.1. The molecule has 0 spiro atoms. The summed E-state index contributed by atoms with van der Waals surface area (Å²) in [7, 11) is 0. The van der Waals surface area contributed by atoms with Gasteiger partial charge in [-0.2, -0.15) is 0 Å². The SMILES string of the molecule is CC(NC(=O)c1cccnc1Oc1ccc(F)cc1Br)C1CCCO1. The lowest BCUT2D eigenvalue weighted by molar-refractivity contribution is 0.0710. The van der Waals surface area contributed by atoms with Crippen molar-refractivity contribution in [3.8, 4) is 11.6 Å². The first kappa shape index (κ1) is 17.8. The average molecular weight is 409 g/mol. The van der Waals surface area contributed by atoms with Crippen molar-refractivity contribution in [3.63, 3.8) is 0 Å². The molecule has 0 saturated carbocycles. The van der Waals surface area contributed by atoms with Crippen LogP contribution in [0.5, 0.6) is 11.6 Å². The summed E-state index contributed by atoms with van der Waals surface area (Å²) < 4.78 is 25.0. The van der Waals surface area contributed by atoms with Crippen LogP contribution in [0.15, 0.2) is 41.0 Å². The molecular formula is C18H18BrFN2O3. The number of nitrogens with zero attached hydrogens (tertiary/aromatic N) is 1. The number of halogens is 2. The molecular weight excluding hydrogens is 391 g/mol. The van der Waals surface area contributed by atoms with E-state index in [2.05, 4.69) is 26.2 Å². The second kappa shape index (κ2) is 7.93. The van der Waals surface area contributed by atoms with Crippen molar-refractivity contribution in [1.82, 2.24) is 10.3 Å². The predicted molar refractivity (Wildman–Crippen MR) is 94.3 cm³/mol. The Morgan fingerprint density at radius 2 is 2.32 bits per heavy atom. The largest absolute Gasteiger partial charge is 0.437 e. The molecule has 25 heavy (non-hydrogen) atoms. The van der Waals surface area contributed by atoms with Gasteiger partial charge in [0.1, 0.15) is 17.1 Å². The van der Waals surface area contributed by atoms with E-state index in [0.717, 1.165) is 19.4 Å². The number of carbonyl (C=O) groups excluding carboxylic acids is 1. The van der Waals surface area contributed by atoms with Crippen LogP contribution < -0.4 is 10.1 Å². The smallest absolute Gasteiger partial charge is 0.257 e. The second-order valence-corrected chi connectivity index (χ2v) is 6.70. The van der Waals surface area contributed by atoms with Crippen LogP contribution in [-0.4, -0.2) is 29.6 Å². The molecule has 5 nitrogen and oxygen atoms in total. The molecule has 2 unspecified atom stereocenters. The highest BCUT2D eigenvalue weighted by molar-refractivity contribution is 9.10. The molecule has 7 heteroatoms. The summed E-state index contributed by atoms with van der Waals surface area (Å²) in [5.41, 5.74) is 0.309. The number of ether oxygens (including phenoxy) is 2. The highest BCUT2D eigenvalue weighted by Crippen LogP contribution is 2.30. The van der Waals surface area contributed by atoms with Crippen molar-refractivity contribution in [1.29, 1.82) is 0 Å². The molecule has 1 saturated heterocycles. The van der Waals surface area contributed by atoms with Crippen LogP contribution in [0.2, 0.25) is 0 Å². The van der Waals surface area contributed by atoms with Gasteiger partial charge in [0.05, 0.1) is 16.6 Å². The molecule has 2 aromatic rings. The molecule has 2 atom stereocenters. The Labute approximate surface area is 153 Å². The van der Waals surface area contributed by atoms with Crippen molar-refractivity contribution < 1.29 is 18.7 Å². The average Bonchev–Trinajstić information content (AvgIpc) is 3.12. The van der Waals surface area contributed by atoms with E-state index >= 15 is 0 Å². The molecule has 1 fully saturated rings. The van der Waals surface area contributed by atoms with Gasteiger partial charge < -0.3 is 14.8 Å². The number of amides is 1. The third-order valence-electron chi connectivity index (χ3n) is 4.00. The number of carbonyl (C=O) groups is 1. The third-order valence-corrected chi connectivity index (χ3v) is 4.62. The predicted octanol–water partition coefficient (Wildman–Crippen LogP) is 4.07. The summed E-state index contributed by atoms with van der Waals surface area (Å²) >= 11 is 3.24. The highest BCUT2D eigenvalue weighted by Gasteiger charge is 2.25. The van der Waals surface area contributed by atoms with E-state index in [9.17, 15) is 9.18 Å². The Morgan fingerprint density at radius 3 is 3.04 bits per heavy atom. The minimum absolute atomic E-state index is 0.0243. The molecule has 0 aliphatic carbocycles. The van der Waals surface area contributed by atoms with E-state index < -0.39 is 0 Å². The Bertz CT molecular complexity index is 766. The molecule has 1 aromatic carbocycles. The van der Waals surface area contributed by atoms with Gasteiger partial charge in [-0.05, 0) is 66.0 Å². The van der Waals surface area contributed by atoms with Gasteiger partial charge >= 0.3 is 0 Å². The lowest BCUT2D eigenvalue weighted by Gasteiger charge is -2.20. The Hall–Kier alpha value is -1.99. The van der Waals surface area contributed by atoms with Gasteiger partial charge in [-0.1, -0.05) is 0 Å². The molecule has 1 amide bonds. The number of nitrogens with one attached hydrogen (secondary N) is 1. The van der Waals surface area contributed by atoms with Crippen molar-refractivity contribution >= 4 is 21.8 Å². The second-order valence-electron chi connectivity index (χ2n) is 5.85. The third kappa shape index (κ3) is 4.35. The van der Waals surface area contributed by atoms with Crippen molar-refractivity contribution in [2.45, 2.75) is 31.9 Å². The monoisotopic (exact) mass is 408 g/mol. The molecule has 1 aliphatic rings. The summed E-state index contributed by atoms with van der Waals surface area (Å²) in [6, 6.07) is 7.24. The number of hydrogen-bond donors (Lipinski definition) is 1. The van der Waals surface area contributed by atoms with E-state index in [0.29, 0.717) is 15.8 Å². The quantitative estimate of drug-likeness (QED) is 0.809. The molecule has 1 N–H and O–H groups in total. The van der Waals surface area contributed by atoms with E-state index in [1.165, 1.54) is 24.4 Å². The number of hydrogen-bond acceptors (Lipinski definition) is 4. The van der Waals surface area contributed by atoms with Gasteiger partial charge in [-0.25, -0.2) is 9.37 Å². The van der Waals surface area contributed by atoms with Crippen LogP contribution >= 0.6 is 15.9 Å². The van der Waals surface area contributed by atoms with Crippen LogP contribution in [0.4, 0.5) is 4.39 Å². The van der Waals surface area contributed by atoms with E-state index in [-0.39, 0.29) is 29.8 Å². The number of rotatable bonds is 5. The number of benzene rings is 1. The lowest BCUT2D eigenvalue weighted by Crippen LogP contribution is -2.40. The van der Waals surface area contributed by atoms with Crippen LogP contribution in [-0.2, 0) is 4.74 Å². The fraction of sp³-hybridized carbons (Fsp3) is 0.333. The molecule has 1 aliphatic heterocycles.